The number of thioether (sulfide) groups is 1. The summed E-state index contributed by atoms with van der Waals surface area (Å²) in [5.74, 6) is 0.390. The van der Waals surface area contributed by atoms with Gasteiger partial charge in [-0.05, 0) is 74.1 Å². The van der Waals surface area contributed by atoms with Gasteiger partial charge in [0.25, 0.3) is 5.56 Å². The molecule has 36 heavy (non-hydrogen) atoms. The van der Waals surface area contributed by atoms with Gasteiger partial charge >= 0.3 is 0 Å². The molecule has 1 amide bonds. The van der Waals surface area contributed by atoms with Crippen LogP contribution in [0.5, 0.6) is 5.75 Å². The third-order valence-corrected chi connectivity index (χ3v) is 8.27. The quantitative estimate of drug-likeness (QED) is 0.243. The maximum absolute atomic E-state index is 14.0. The molecule has 186 valence electrons. The zero-order valence-electron chi connectivity index (χ0n) is 20.0. The van der Waals surface area contributed by atoms with Crippen LogP contribution in [0.3, 0.4) is 0 Å². The van der Waals surface area contributed by atoms with Crippen molar-refractivity contribution in [1.82, 2.24) is 9.55 Å². The van der Waals surface area contributed by atoms with E-state index in [0.29, 0.717) is 39.3 Å². The number of fused-ring (bicyclic) bond motifs is 3. The first-order chi connectivity index (χ1) is 17.4. The Morgan fingerprint density at radius 2 is 2.03 bits per heavy atom. The Labute approximate surface area is 216 Å². The minimum absolute atomic E-state index is 0.0224. The van der Waals surface area contributed by atoms with Gasteiger partial charge in [-0.2, -0.15) is 0 Å². The van der Waals surface area contributed by atoms with Gasteiger partial charge in [0.05, 0.1) is 29.1 Å². The number of anilines is 1. The highest BCUT2D eigenvalue weighted by molar-refractivity contribution is 7.99. The molecular formula is C27H26FN3O3S2. The first-order valence-corrected chi connectivity index (χ1v) is 13.7. The molecule has 2 heterocycles. The number of hydrogen-bond donors (Lipinski definition) is 1. The number of rotatable bonds is 7. The third kappa shape index (κ3) is 4.90. The SMILES string of the molecule is CCOc1ccc(-n2c(SCC(=O)Nc3ccccc3F)nc3sc4c(c3c2=O)CCC(C)C4)cc1. The smallest absolute Gasteiger partial charge is 0.267 e. The van der Waals surface area contributed by atoms with Gasteiger partial charge in [0.2, 0.25) is 5.91 Å². The molecule has 1 aliphatic rings. The van der Waals surface area contributed by atoms with Gasteiger partial charge in [-0.1, -0.05) is 30.8 Å². The van der Waals surface area contributed by atoms with Crippen LogP contribution in [0.1, 0.15) is 30.7 Å². The molecule has 1 unspecified atom stereocenters. The van der Waals surface area contributed by atoms with Crippen molar-refractivity contribution in [3.05, 3.63) is 75.1 Å². The number of nitrogens with zero attached hydrogens (tertiary/aromatic N) is 2. The van der Waals surface area contributed by atoms with Crippen molar-refractivity contribution in [2.75, 3.05) is 17.7 Å². The average molecular weight is 524 g/mol. The van der Waals surface area contributed by atoms with Crippen molar-refractivity contribution in [2.45, 2.75) is 38.3 Å². The lowest BCUT2D eigenvalue weighted by molar-refractivity contribution is -0.113. The van der Waals surface area contributed by atoms with Crippen LogP contribution in [0.25, 0.3) is 15.9 Å². The number of nitrogens with one attached hydrogen (secondary N) is 1. The molecule has 6 nitrogen and oxygen atoms in total. The molecule has 0 spiro atoms. The molecule has 2 aromatic carbocycles. The summed E-state index contributed by atoms with van der Waals surface area (Å²) in [6.07, 6.45) is 2.87. The fourth-order valence-electron chi connectivity index (χ4n) is 4.43. The Morgan fingerprint density at radius 1 is 1.25 bits per heavy atom. The van der Waals surface area contributed by atoms with Gasteiger partial charge in [-0.3, -0.25) is 14.2 Å². The topological polar surface area (TPSA) is 73.2 Å². The largest absolute Gasteiger partial charge is 0.494 e. The van der Waals surface area contributed by atoms with Crippen LogP contribution in [0, 0.1) is 11.7 Å². The molecule has 4 aromatic rings. The number of carbonyl (C=O) groups is 1. The fourth-order valence-corrected chi connectivity index (χ4v) is 6.67. The lowest BCUT2D eigenvalue weighted by atomic mass is 9.89. The summed E-state index contributed by atoms with van der Waals surface area (Å²) in [6.45, 7) is 4.69. The summed E-state index contributed by atoms with van der Waals surface area (Å²) in [6, 6.07) is 13.3. The van der Waals surface area contributed by atoms with Gasteiger partial charge in [0.15, 0.2) is 5.16 Å². The Kier molecular flexibility index (Phi) is 7.11. The number of benzene rings is 2. The van der Waals surface area contributed by atoms with Gasteiger partial charge < -0.3 is 10.1 Å². The number of aromatic nitrogens is 2. The Balaban J connectivity index is 1.53. The zero-order chi connectivity index (χ0) is 25.2. The molecule has 0 bridgehead atoms. The van der Waals surface area contributed by atoms with Gasteiger partial charge in [-0.25, -0.2) is 9.37 Å². The molecule has 0 aliphatic heterocycles. The number of amides is 1. The summed E-state index contributed by atoms with van der Waals surface area (Å²) in [5.41, 5.74) is 1.75. The van der Waals surface area contributed by atoms with Crippen molar-refractivity contribution in [3.63, 3.8) is 0 Å². The number of ether oxygens (including phenoxy) is 1. The first kappa shape index (κ1) is 24.5. The number of aryl methyl sites for hydroxylation is 1. The lowest BCUT2D eigenvalue weighted by Gasteiger charge is -2.18. The number of carbonyl (C=O) groups excluding carboxylic acids is 1. The predicted octanol–water partition coefficient (Wildman–Crippen LogP) is 5.84. The second kappa shape index (κ2) is 10.4. The number of halogens is 1. The van der Waals surface area contributed by atoms with E-state index < -0.39 is 5.82 Å². The van der Waals surface area contributed by atoms with E-state index in [2.05, 4.69) is 12.2 Å². The molecular weight excluding hydrogens is 497 g/mol. The highest BCUT2D eigenvalue weighted by Crippen LogP contribution is 2.37. The molecule has 2 aromatic heterocycles. The second-order valence-corrected chi connectivity index (χ2v) is 10.8. The number of thiophene rings is 1. The van der Waals surface area contributed by atoms with Gasteiger partial charge in [0.1, 0.15) is 16.4 Å². The van der Waals surface area contributed by atoms with Crippen molar-refractivity contribution in [2.24, 2.45) is 5.92 Å². The Hall–Kier alpha value is -3.17. The number of hydrogen-bond acceptors (Lipinski definition) is 6. The van der Waals surface area contributed by atoms with Crippen molar-refractivity contribution < 1.29 is 13.9 Å². The van der Waals surface area contributed by atoms with Crippen LogP contribution in [-0.4, -0.2) is 27.8 Å². The maximum Gasteiger partial charge on any atom is 0.267 e. The van der Waals surface area contributed by atoms with Crippen molar-refractivity contribution >= 4 is 44.9 Å². The normalized spacial score (nSPS) is 15.0. The van der Waals surface area contributed by atoms with E-state index in [-0.39, 0.29) is 22.9 Å². The molecule has 9 heteroatoms. The second-order valence-electron chi connectivity index (χ2n) is 8.81. The maximum atomic E-state index is 14.0. The first-order valence-electron chi connectivity index (χ1n) is 11.9. The fraction of sp³-hybridized carbons (Fsp3) is 0.296. The summed E-state index contributed by atoms with van der Waals surface area (Å²) in [5, 5.41) is 3.69. The minimum Gasteiger partial charge on any atom is -0.494 e. The van der Waals surface area contributed by atoms with E-state index in [4.69, 9.17) is 9.72 Å². The highest BCUT2D eigenvalue weighted by atomic mass is 32.2. The predicted molar refractivity (Wildman–Crippen MR) is 143 cm³/mol. The van der Waals surface area contributed by atoms with E-state index in [1.807, 2.05) is 31.2 Å². The minimum atomic E-state index is -0.500. The molecule has 1 atom stereocenters. The average Bonchev–Trinajstić information content (AvgIpc) is 3.22. The molecule has 0 radical (unpaired) electrons. The van der Waals surface area contributed by atoms with E-state index in [1.165, 1.54) is 17.0 Å². The standard InChI is InChI=1S/C27H26FN3O3S2/c1-3-34-18-11-9-17(10-12-18)31-26(33)24-19-13-8-16(2)14-22(19)36-25(24)30-27(31)35-15-23(32)29-21-7-5-4-6-20(21)28/h4-7,9-12,16H,3,8,13-15H2,1-2H3,(H,29,32). The van der Waals surface area contributed by atoms with Crippen LogP contribution in [0.2, 0.25) is 0 Å². The lowest BCUT2D eigenvalue weighted by Crippen LogP contribution is -2.23. The molecule has 5 rings (SSSR count). The molecule has 1 N–H and O–H groups in total. The van der Waals surface area contributed by atoms with Gasteiger partial charge in [0, 0.05) is 4.88 Å². The summed E-state index contributed by atoms with van der Waals surface area (Å²) >= 11 is 2.73. The Bertz CT molecular complexity index is 1480. The highest BCUT2D eigenvalue weighted by Gasteiger charge is 2.25. The van der Waals surface area contributed by atoms with Crippen LogP contribution in [0.15, 0.2) is 58.5 Å². The summed E-state index contributed by atoms with van der Waals surface area (Å²) in [4.78, 5) is 33.3. The summed E-state index contributed by atoms with van der Waals surface area (Å²) in [7, 11) is 0. The molecule has 0 saturated carbocycles. The third-order valence-electron chi connectivity index (χ3n) is 6.18. The summed E-state index contributed by atoms with van der Waals surface area (Å²) < 4.78 is 21.1. The van der Waals surface area contributed by atoms with E-state index in [0.717, 1.165) is 36.6 Å². The van der Waals surface area contributed by atoms with E-state index >= 15 is 0 Å². The van der Waals surface area contributed by atoms with Crippen LogP contribution in [0.4, 0.5) is 10.1 Å². The van der Waals surface area contributed by atoms with Crippen LogP contribution < -0.4 is 15.6 Å². The zero-order valence-corrected chi connectivity index (χ0v) is 21.7. The van der Waals surface area contributed by atoms with E-state index in [1.54, 1.807) is 28.0 Å². The monoisotopic (exact) mass is 523 g/mol. The van der Waals surface area contributed by atoms with Crippen LogP contribution in [-0.2, 0) is 17.6 Å². The Morgan fingerprint density at radius 3 is 2.78 bits per heavy atom. The number of para-hydroxylation sites is 1. The van der Waals surface area contributed by atoms with Gasteiger partial charge in [-0.15, -0.1) is 11.3 Å². The van der Waals surface area contributed by atoms with E-state index in [9.17, 15) is 14.0 Å². The molecule has 1 aliphatic carbocycles. The molecule has 0 fully saturated rings. The van der Waals surface area contributed by atoms with Crippen LogP contribution >= 0.6 is 23.1 Å². The molecule has 0 saturated heterocycles. The van der Waals surface area contributed by atoms with Crippen molar-refractivity contribution in [3.8, 4) is 11.4 Å². The van der Waals surface area contributed by atoms with Crippen molar-refractivity contribution in [1.29, 1.82) is 0 Å².